The molecule has 0 spiro atoms. The van der Waals surface area contributed by atoms with E-state index in [1.54, 1.807) is 0 Å². The molecule has 3 unspecified atom stereocenters. The summed E-state index contributed by atoms with van der Waals surface area (Å²) >= 11 is 0. The summed E-state index contributed by atoms with van der Waals surface area (Å²) in [6.45, 7) is 2.83. The number of hydrogen-bond donors (Lipinski definition) is 0. The summed E-state index contributed by atoms with van der Waals surface area (Å²) in [5, 5.41) is 0. The van der Waals surface area contributed by atoms with Crippen molar-refractivity contribution in [3.63, 3.8) is 0 Å². The second kappa shape index (κ2) is 11.2. The Labute approximate surface area is 209 Å². The summed E-state index contributed by atoms with van der Waals surface area (Å²) < 4.78 is 50.2. The normalized spacial score (nSPS) is 35.8. The van der Waals surface area contributed by atoms with Gasteiger partial charge in [0.1, 0.15) is 0 Å². The average Bonchev–Trinajstić information content (AvgIpc) is 3.72. The SMILES string of the molecule is C/C=C/C1CCC(c2ccc(C3CCC(CCC4CCC(C5CO5)C=C4F)CC3)c(F)c2F)CC1. The van der Waals surface area contributed by atoms with Crippen molar-refractivity contribution in [2.75, 3.05) is 6.61 Å². The van der Waals surface area contributed by atoms with Crippen molar-refractivity contribution < 1.29 is 17.9 Å². The van der Waals surface area contributed by atoms with Gasteiger partial charge in [0, 0.05) is 11.8 Å². The first-order valence-electron chi connectivity index (χ1n) is 14.1. The molecule has 2 saturated carbocycles. The molecule has 1 heterocycles. The van der Waals surface area contributed by atoms with E-state index >= 15 is 8.78 Å². The Morgan fingerprint density at radius 2 is 1.40 bits per heavy atom. The van der Waals surface area contributed by atoms with Crippen LogP contribution in [0.15, 0.2) is 36.2 Å². The lowest BCUT2D eigenvalue weighted by Gasteiger charge is -2.31. The molecule has 3 aliphatic carbocycles. The first-order valence-corrected chi connectivity index (χ1v) is 14.1. The van der Waals surface area contributed by atoms with Crippen molar-refractivity contribution in [2.45, 2.75) is 102 Å². The maximum absolute atomic E-state index is 15.2. The van der Waals surface area contributed by atoms with E-state index in [2.05, 4.69) is 12.2 Å². The van der Waals surface area contributed by atoms with Gasteiger partial charge in [0.25, 0.3) is 0 Å². The Morgan fingerprint density at radius 1 is 0.800 bits per heavy atom. The van der Waals surface area contributed by atoms with E-state index in [9.17, 15) is 4.39 Å². The summed E-state index contributed by atoms with van der Waals surface area (Å²) in [4.78, 5) is 0. The van der Waals surface area contributed by atoms with Crippen molar-refractivity contribution in [3.05, 3.63) is 58.9 Å². The molecule has 0 aromatic heterocycles. The van der Waals surface area contributed by atoms with Crippen LogP contribution >= 0.6 is 0 Å². The number of benzene rings is 1. The van der Waals surface area contributed by atoms with E-state index in [-0.39, 0.29) is 35.6 Å². The van der Waals surface area contributed by atoms with Crippen LogP contribution in [0.2, 0.25) is 0 Å². The third-order valence-corrected chi connectivity index (χ3v) is 9.48. The predicted octanol–water partition coefficient (Wildman–Crippen LogP) is 9.15. The van der Waals surface area contributed by atoms with Gasteiger partial charge in [-0.2, -0.15) is 0 Å². The van der Waals surface area contributed by atoms with Gasteiger partial charge >= 0.3 is 0 Å². The predicted molar refractivity (Wildman–Crippen MR) is 135 cm³/mol. The third-order valence-electron chi connectivity index (χ3n) is 9.48. The fourth-order valence-electron chi connectivity index (χ4n) is 7.14. The van der Waals surface area contributed by atoms with Crippen LogP contribution in [-0.2, 0) is 4.74 Å². The Kier molecular flexibility index (Phi) is 8.06. The number of rotatable bonds is 7. The maximum Gasteiger partial charge on any atom is 0.162 e. The van der Waals surface area contributed by atoms with Gasteiger partial charge in [0.05, 0.1) is 18.5 Å². The smallest absolute Gasteiger partial charge is 0.162 e. The van der Waals surface area contributed by atoms with Gasteiger partial charge in [0.15, 0.2) is 11.6 Å². The standard InChI is InChI=1S/C31H41F3O/c1-2-3-20-4-9-22(10-5-20)26-16-17-27(31(34)30(26)33)23-11-6-21(7-12-23)8-13-24-14-15-25(18-28(24)32)29-19-35-29/h2-3,16-18,20-25,29H,4-15,19H2,1H3/b3-2+. The summed E-state index contributed by atoms with van der Waals surface area (Å²) in [5.41, 5.74) is 1.15. The van der Waals surface area contributed by atoms with Gasteiger partial charge in [-0.25, -0.2) is 13.2 Å². The molecule has 1 aromatic rings. The first-order chi connectivity index (χ1) is 17.0. The lowest BCUT2D eigenvalue weighted by Crippen LogP contribution is -2.19. The van der Waals surface area contributed by atoms with Gasteiger partial charge in [0.2, 0.25) is 0 Å². The van der Waals surface area contributed by atoms with Crippen LogP contribution in [0.5, 0.6) is 0 Å². The van der Waals surface area contributed by atoms with Crippen LogP contribution in [-0.4, -0.2) is 12.7 Å². The second-order valence-electron chi connectivity index (χ2n) is 11.7. The molecule has 1 nitrogen and oxygen atoms in total. The van der Waals surface area contributed by atoms with E-state index < -0.39 is 11.6 Å². The van der Waals surface area contributed by atoms with Crippen LogP contribution in [0.4, 0.5) is 13.2 Å². The third kappa shape index (κ3) is 5.89. The largest absolute Gasteiger partial charge is 0.372 e. The second-order valence-corrected chi connectivity index (χ2v) is 11.7. The molecule has 5 rings (SSSR count). The average molecular weight is 487 g/mol. The maximum atomic E-state index is 15.2. The summed E-state index contributed by atoms with van der Waals surface area (Å²) in [6, 6.07) is 3.75. The lowest BCUT2D eigenvalue weighted by atomic mass is 9.74. The molecule has 0 amide bonds. The highest BCUT2D eigenvalue weighted by Crippen LogP contribution is 2.44. The van der Waals surface area contributed by atoms with Gasteiger partial charge in [-0.05, 0) is 125 Å². The summed E-state index contributed by atoms with van der Waals surface area (Å²) in [5.74, 6) is 0.591. The molecular weight excluding hydrogens is 445 g/mol. The monoisotopic (exact) mass is 486 g/mol. The molecule has 3 fully saturated rings. The van der Waals surface area contributed by atoms with E-state index in [0.29, 0.717) is 23.0 Å². The lowest BCUT2D eigenvalue weighted by molar-refractivity contribution is 0.257. The Hall–Kier alpha value is -1.55. The quantitative estimate of drug-likeness (QED) is 0.276. The number of epoxide rings is 1. The van der Waals surface area contributed by atoms with E-state index in [1.165, 1.54) is 0 Å². The minimum Gasteiger partial charge on any atom is -0.372 e. The summed E-state index contributed by atoms with van der Waals surface area (Å²) in [6.07, 6.45) is 18.2. The van der Waals surface area contributed by atoms with Crippen molar-refractivity contribution in [1.82, 2.24) is 0 Å². The molecule has 0 N–H and O–H groups in total. The number of ether oxygens (including phenoxy) is 1. The molecule has 192 valence electrons. The molecule has 0 radical (unpaired) electrons. The molecule has 1 aromatic carbocycles. The van der Waals surface area contributed by atoms with Crippen molar-refractivity contribution >= 4 is 0 Å². The zero-order valence-corrected chi connectivity index (χ0v) is 21.2. The van der Waals surface area contributed by atoms with E-state index in [0.717, 1.165) is 83.7 Å². The van der Waals surface area contributed by atoms with Crippen LogP contribution in [0, 0.1) is 35.3 Å². The van der Waals surface area contributed by atoms with Gasteiger partial charge in [-0.1, -0.05) is 24.3 Å². The Bertz CT molecular complexity index is 917. The van der Waals surface area contributed by atoms with Gasteiger partial charge in [-0.3, -0.25) is 0 Å². The highest BCUT2D eigenvalue weighted by atomic mass is 19.2. The number of halogens is 3. The molecule has 35 heavy (non-hydrogen) atoms. The number of allylic oxidation sites excluding steroid dienone is 3. The van der Waals surface area contributed by atoms with E-state index in [1.807, 2.05) is 25.1 Å². The molecule has 1 saturated heterocycles. The van der Waals surface area contributed by atoms with Crippen LogP contribution in [0.1, 0.15) is 107 Å². The van der Waals surface area contributed by atoms with Crippen LogP contribution in [0.25, 0.3) is 0 Å². The zero-order valence-electron chi connectivity index (χ0n) is 21.2. The van der Waals surface area contributed by atoms with Crippen LogP contribution < -0.4 is 0 Å². The molecular formula is C31H41F3O. The fraction of sp³-hybridized carbons (Fsp3) is 0.677. The highest BCUT2D eigenvalue weighted by Gasteiger charge is 2.36. The van der Waals surface area contributed by atoms with Crippen LogP contribution in [0.3, 0.4) is 0 Å². The van der Waals surface area contributed by atoms with Crippen molar-refractivity contribution in [3.8, 4) is 0 Å². The topological polar surface area (TPSA) is 12.5 Å². The fourth-order valence-corrected chi connectivity index (χ4v) is 7.14. The molecule has 3 atom stereocenters. The Morgan fingerprint density at radius 3 is 1.94 bits per heavy atom. The van der Waals surface area contributed by atoms with E-state index in [4.69, 9.17) is 4.74 Å². The van der Waals surface area contributed by atoms with Crippen molar-refractivity contribution in [2.24, 2.45) is 23.7 Å². The van der Waals surface area contributed by atoms with Gasteiger partial charge < -0.3 is 4.74 Å². The molecule has 0 bridgehead atoms. The Balaban J connectivity index is 1.12. The minimum absolute atomic E-state index is 0.0647. The highest BCUT2D eigenvalue weighted by molar-refractivity contribution is 5.32. The molecule has 4 heteroatoms. The molecule has 1 aliphatic heterocycles. The van der Waals surface area contributed by atoms with Crippen molar-refractivity contribution in [1.29, 1.82) is 0 Å². The van der Waals surface area contributed by atoms with Gasteiger partial charge in [-0.15, -0.1) is 0 Å². The minimum atomic E-state index is -0.606. The molecule has 4 aliphatic rings. The zero-order chi connectivity index (χ0) is 24.4. The summed E-state index contributed by atoms with van der Waals surface area (Å²) in [7, 11) is 0. The first kappa shape index (κ1) is 25.1. The number of hydrogen-bond acceptors (Lipinski definition) is 1.